The van der Waals surface area contributed by atoms with Crippen molar-refractivity contribution in [3.8, 4) is 0 Å². The van der Waals surface area contributed by atoms with Crippen LogP contribution in [0.3, 0.4) is 0 Å². The lowest BCUT2D eigenvalue weighted by molar-refractivity contribution is -0.120. The summed E-state index contributed by atoms with van der Waals surface area (Å²) in [6.07, 6.45) is 2.35. The van der Waals surface area contributed by atoms with Gasteiger partial charge in [0.25, 0.3) is 0 Å². The second-order valence-electron chi connectivity index (χ2n) is 6.50. The third kappa shape index (κ3) is 4.51. The van der Waals surface area contributed by atoms with E-state index in [1.54, 1.807) is 0 Å². The van der Waals surface area contributed by atoms with Gasteiger partial charge in [-0.05, 0) is 44.8 Å². The first-order valence-electron chi connectivity index (χ1n) is 8.90. The van der Waals surface area contributed by atoms with Gasteiger partial charge < -0.3 is 10.2 Å². The maximum Gasteiger partial charge on any atom is 0.241 e. The number of hydrogen-bond donors (Lipinski definition) is 1. The van der Waals surface area contributed by atoms with Gasteiger partial charge in [0.2, 0.25) is 5.91 Å². The number of carbonyl (C=O) groups excluding carboxylic acids is 1. The van der Waals surface area contributed by atoms with Gasteiger partial charge in [-0.15, -0.1) is 12.4 Å². The molecule has 5 heteroatoms. The molecule has 0 spiro atoms. The normalized spacial score (nSPS) is 17.9. The molecule has 25 heavy (non-hydrogen) atoms. The fourth-order valence-corrected chi connectivity index (χ4v) is 3.64. The van der Waals surface area contributed by atoms with Gasteiger partial charge in [0.05, 0.1) is 12.2 Å². The summed E-state index contributed by atoms with van der Waals surface area (Å²) in [6, 6.07) is 14.9. The van der Waals surface area contributed by atoms with Gasteiger partial charge >= 0.3 is 0 Å². The van der Waals surface area contributed by atoms with Crippen molar-refractivity contribution in [1.82, 2.24) is 10.2 Å². The number of likely N-dealkylation sites (tertiary alicyclic amines) is 1. The van der Waals surface area contributed by atoms with Crippen molar-refractivity contribution >= 4 is 34.8 Å². The van der Waals surface area contributed by atoms with Crippen LogP contribution in [0, 0.1) is 0 Å². The van der Waals surface area contributed by atoms with E-state index in [-0.39, 0.29) is 18.3 Å². The minimum Gasteiger partial charge on any atom is -0.316 e. The molecule has 1 heterocycles. The number of piperidine rings is 1. The summed E-state index contributed by atoms with van der Waals surface area (Å²) in [5, 5.41) is 5.66. The van der Waals surface area contributed by atoms with Gasteiger partial charge in [-0.2, -0.15) is 0 Å². The fraction of sp³-hybridized carbons (Fsp3) is 0.450. The van der Waals surface area contributed by atoms with Crippen LogP contribution in [0.2, 0.25) is 0 Å². The number of benzene rings is 2. The minimum absolute atomic E-state index is 0. The van der Waals surface area contributed by atoms with Crippen LogP contribution >= 0.6 is 12.4 Å². The van der Waals surface area contributed by atoms with E-state index in [9.17, 15) is 4.79 Å². The molecule has 0 saturated carbocycles. The molecule has 1 aliphatic heterocycles. The van der Waals surface area contributed by atoms with Gasteiger partial charge in [-0.3, -0.25) is 9.69 Å². The van der Waals surface area contributed by atoms with E-state index in [1.165, 1.54) is 11.8 Å². The Labute approximate surface area is 156 Å². The number of nitrogens with one attached hydrogen (secondary N) is 1. The Morgan fingerprint density at radius 1 is 1.24 bits per heavy atom. The van der Waals surface area contributed by atoms with E-state index in [4.69, 9.17) is 0 Å². The first-order chi connectivity index (χ1) is 11.7. The molecule has 1 fully saturated rings. The van der Waals surface area contributed by atoms with Crippen molar-refractivity contribution < 1.29 is 4.79 Å². The summed E-state index contributed by atoms with van der Waals surface area (Å²) in [5.74, 6) is 0.186. The Morgan fingerprint density at radius 2 is 2.00 bits per heavy atom. The SMILES string of the molecule is CCN(C(=O)CN1CCCC(NC)C1)c1cccc2ccccc12.Cl. The Bertz CT molecular complexity index is 701. The van der Waals surface area contributed by atoms with E-state index in [0.29, 0.717) is 19.1 Å². The zero-order valence-corrected chi connectivity index (χ0v) is 15.9. The van der Waals surface area contributed by atoms with Crippen molar-refractivity contribution in [2.45, 2.75) is 25.8 Å². The molecule has 4 nitrogen and oxygen atoms in total. The lowest BCUT2D eigenvalue weighted by Gasteiger charge is -2.33. The van der Waals surface area contributed by atoms with Crippen LogP contribution in [-0.4, -0.2) is 50.1 Å². The topological polar surface area (TPSA) is 35.6 Å². The highest BCUT2D eigenvalue weighted by Crippen LogP contribution is 2.27. The number of likely N-dealkylation sites (N-methyl/N-ethyl adjacent to an activating group) is 2. The van der Waals surface area contributed by atoms with Crippen LogP contribution in [0.25, 0.3) is 10.8 Å². The molecular weight excluding hydrogens is 334 g/mol. The zero-order chi connectivity index (χ0) is 16.9. The third-order valence-electron chi connectivity index (χ3n) is 4.95. The molecule has 1 aliphatic rings. The lowest BCUT2D eigenvalue weighted by Crippen LogP contribution is -2.48. The molecule has 0 bridgehead atoms. The molecule has 3 rings (SSSR count). The van der Waals surface area contributed by atoms with Gasteiger partial charge in [-0.1, -0.05) is 36.4 Å². The molecule has 1 atom stereocenters. The molecule has 1 amide bonds. The predicted octanol–water partition coefficient (Wildman–Crippen LogP) is 3.30. The smallest absolute Gasteiger partial charge is 0.241 e. The first-order valence-corrected chi connectivity index (χ1v) is 8.90. The molecule has 1 unspecified atom stereocenters. The van der Waals surface area contributed by atoms with Crippen molar-refractivity contribution in [1.29, 1.82) is 0 Å². The van der Waals surface area contributed by atoms with E-state index in [1.807, 2.05) is 37.1 Å². The molecule has 2 aromatic carbocycles. The number of rotatable bonds is 5. The number of amides is 1. The quantitative estimate of drug-likeness (QED) is 0.887. The highest BCUT2D eigenvalue weighted by molar-refractivity contribution is 6.04. The first kappa shape index (κ1) is 19.7. The highest BCUT2D eigenvalue weighted by atomic mass is 35.5. The molecule has 1 saturated heterocycles. The molecule has 1 N–H and O–H groups in total. The van der Waals surface area contributed by atoms with Crippen LogP contribution in [0.1, 0.15) is 19.8 Å². The summed E-state index contributed by atoms with van der Waals surface area (Å²) < 4.78 is 0. The van der Waals surface area contributed by atoms with Crippen molar-refractivity contribution in [2.24, 2.45) is 0 Å². The van der Waals surface area contributed by atoms with Crippen LogP contribution in [0.4, 0.5) is 5.69 Å². The average Bonchev–Trinajstić information content (AvgIpc) is 2.62. The third-order valence-corrected chi connectivity index (χ3v) is 4.95. The maximum atomic E-state index is 12.9. The largest absolute Gasteiger partial charge is 0.316 e. The summed E-state index contributed by atoms with van der Waals surface area (Å²) in [6.45, 7) is 5.20. The van der Waals surface area contributed by atoms with Crippen LogP contribution < -0.4 is 10.2 Å². The molecule has 0 radical (unpaired) electrons. The Balaban J connectivity index is 0.00000225. The molecule has 0 aromatic heterocycles. The Kier molecular flexibility index (Phi) is 7.24. The zero-order valence-electron chi connectivity index (χ0n) is 15.1. The van der Waals surface area contributed by atoms with Crippen LogP contribution in [0.15, 0.2) is 42.5 Å². The second-order valence-corrected chi connectivity index (χ2v) is 6.50. The lowest BCUT2D eigenvalue weighted by atomic mass is 10.1. The number of fused-ring (bicyclic) bond motifs is 1. The number of halogens is 1. The van der Waals surface area contributed by atoms with E-state index < -0.39 is 0 Å². The molecule has 0 aliphatic carbocycles. The van der Waals surface area contributed by atoms with Crippen molar-refractivity contribution in [3.63, 3.8) is 0 Å². The van der Waals surface area contributed by atoms with Crippen LogP contribution in [-0.2, 0) is 4.79 Å². The number of anilines is 1. The summed E-state index contributed by atoms with van der Waals surface area (Å²) in [4.78, 5) is 17.1. The molecule has 136 valence electrons. The Hall–Kier alpha value is -1.62. The average molecular weight is 362 g/mol. The molecular formula is C20H28ClN3O. The highest BCUT2D eigenvalue weighted by Gasteiger charge is 2.23. The maximum absolute atomic E-state index is 12.9. The van der Waals surface area contributed by atoms with Gasteiger partial charge in [0.15, 0.2) is 0 Å². The fourth-order valence-electron chi connectivity index (χ4n) is 3.64. The molecule has 2 aromatic rings. The number of hydrogen-bond acceptors (Lipinski definition) is 3. The van der Waals surface area contributed by atoms with Crippen molar-refractivity contribution in [2.75, 3.05) is 38.1 Å². The van der Waals surface area contributed by atoms with E-state index >= 15 is 0 Å². The number of carbonyl (C=O) groups is 1. The minimum atomic E-state index is 0. The van der Waals surface area contributed by atoms with Gasteiger partial charge in [0.1, 0.15) is 0 Å². The summed E-state index contributed by atoms with van der Waals surface area (Å²) in [5.41, 5.74) is 1.02. The van der Waals surface area contributed by atoms with Gasteiger partial charge in [-0.25, -0.2) is 0 Å². The van der Waals surface area contributed by atoms with Crippen LogP contribution in [0.5, 0.6) is 0 Å². The summed E-state index contributed by atoms with van der Waals surface area (Å²) >= 11 is 0. The Morgan fingerprint density at radius 3 is 2.76 bits per heavy atom. The van der Waals surface area contributed by atoms with E-state index in [2.05, 4.69) is 34.5 Å². The van der Waals surface area contributed by atoms with Crippen molar-refractivity contribution in [3.05, 3.63) is 42.5 Å². The second kappa shape index (κ2) is 9.18. The standard InChI is InChI=1S/C20H27N3O.ClH/c1-3-23(19-12-6-9-16-8-4-5-11-18(16)19)20(24)15-22-13-7-10-17(14-22)21-2;/h4-6,8-9,11-12,17,21H,3,7,10,13-15H2,1-2H3;1H. The van der Waals surface area contributed by atoms with Gasteiger partial charge in [0, 0.05) is 24.5 Å². The monoisotopic (exact) mass is 361 g/mol. The number of nitrogens with zero attached hydrogens (tertiary/aromatic N) is 2. The summed E-state index contributed by atoms with van der Waals surface area (Å²) in [7, 11) is 2.00. The van der Waals surface area contributed by atoms with E-state index in [0.717, 1.165) is 30.6 Å². The predicted molar refractivity (Wildman–Crippen MR) is 108 cm³/mol.